The fourth-order valence-corrected chi connectivity index (χ4v) is 3.01. The second-order valence-electron chi connectivity index (χ2n) is 6.85. The van der Waals surface area contributed by atoms with Crippen LogP contribution in [-0.2, 0) is 6.42 Å². The van der Waals surface area contributed by atoms with Gasteiger partial charge in [0, 0.05) is 31.7 Å². The van der Waals surface area contributed by atoms with Crippen LogP contribution in [-0.4, -0.2) is 56.2 Å². The number of ether oxygens (including phenoxy) is 1. The number of methoxy groups -OCH3 is 1. The Morgan fingerprint density at radius 2 is 1.96 bits per heavy atom. The summed E-state index contributed by atoms with van der Waals surface area (Å²) >= 11 is 0. The molecule has 2 rings (SSSR count). The molecular formula is C20H34N4O. The van der Waals surface area contributed by atoms with E-state index in [9.17, 15) is 0 Å². The summed E-state index contributed by atoms with van der Waals surface area (Å²) < 4.78 is 5.20. The molecule has 1 saturated carbocycles. The Bertz CT molecular complexity index is 521. The number of rotatable bonds is 10. The minimum Gasteiger partial charge on any atom is -0.497 e. The molecule has 0 unspecified atom stereocenters. The molecule has 140 valence electrons. The van der Waals surface area contributed by atoms with Crippen LogP contribution in [0.3, 0.4) is 0 Å². The normalized spacial score (nSPS) is 14.9. The first-order valence-corrected chi connectivity index (χ1v) is 9.55. The van der Waals surface area contributed by atoms with Gasteiger partial charge < -0.3 is 15.4 Å². The van der Waals surface area contributed by atoms with Crippen molar-refractivity contribution in [1.29, 1.82) is 0 Å². The van der Waals surface area contributed by atoms with Gasteiger partial charge in [0.25, 0.3) is 0 Å². The molecule has 0 radical (unpaired) electrons. The molecule has 1 aromatic carbocycles. The highest BCUT2D eigenvalue weighted by molar-refractivity contribution is 5.79. The fraction of sp³-hybridized carbons (Fsp3) is 0.650. The smallest absolute Gasteiger partial charge is 0.191 e. The van der Waals surface area contributed by atoms with E-state index in [0.717, 1.165) is 50.4 Å². The van der Waals surface area contributed by atoms with Crippen molar-refractivity contribution in [1.82, 2.24) is 15.5 Å². The van der Waals surface area contributed by atoms with Crippen molar-refractivity contribution in [3.63, 3.8) is 0 Å². The van der Waals surface area contributed by atoms with Gasteiger partial charge >= 0.3 is 0 Å². The highest BCUT2D eigenvalue weighted by Gasteiger charge is 2.29. The van der Waals surface area contributed by atoms with E-state index in [1.54, 1.807) is 7.11 Å². The fourth-order valence-electron chi connectivity index (χ4n) is 3.01. The molecule has 0 aromatic heterocycles. The van der Waals surface area contributed by atoms with E-state index < -0.39 is 0 Å². The average Bonchev–Trinajstić information content (AvgIpc) is 3.43. The summed E-state index contributed by atoms with van der Waals surface area (Å²) in [6.45, 7) is 10.3. The number of nitrogens with zero attached hydrogens (tertiary/aromatic N) is 2. The molecule has 25 heavy (non-hydrogen) atoms. The third-order valence-electron chi connectivity index (χ3n) is 4.52. The largest absolute Gasteiger partial charge is 0.497 e. The maximum Gasteiger partial charge on any atom is 0.191 e. The summed E-state index contributed by atoms with van der Waals surface area (Å²) in [4.78, 5) is 7.31. The maximum absolute atomic E-state index is 5.20. The molecule has 0 atom stereocenters. The lowest BCUT2D eigenvalue weighted by Crippen LogP contribution is -2.40. The van der Waals surface area contributed by atoms with E-state index in [2.05, 4.69) is 48.4 Å². The summed E-state index contributed by atoms with van der Waals surface area (Å²) in [6, 6.07) is 9.63. The van der Waals surface area contributed by atoms with Crippen LogP contribution in [0.5, 0.6) is 5.75 Å². The molecule has 2 N–H and O–H groups in total. The van der Waals surface area contributed by atoms with Crippen LogP contribution in [0.25, 0.3) is 0 Å². The van der Waals surface area contributed by atoms with E-state index in [1.165, 1.54) is 18.4 Å². The second-order valence-corrected chi connectivity index (χ2v) is 6.85. The van der Waals surface area contributed by atoms with Gasteiger partial charge in [0.05, 0.1) is 13.7 Å². The first-order valence-electron chi connectivity index (χ1n) is 9.55. The molecule has 0 amide bonds. The van der Waals surface area contributed by atoms with Gasteiger partial charge in [-0.2, -0.15) is 0 Å². The molecule has 5 heteroatoms. The minimum absolute atomic E-state index is 0.605. The van der Waals surface area contributed by atoms with Gasteiger partial charge in [-0.3, -0.25) is 9.89 Å². The van der Waals surface area contributed by atoms with Crippen LogP contribution in [0.2, 0.25) is 0 Å². The van der Waals surface area contributed by atoms with Crippen LogP contribution in [0.1, 0.15) is 39.2 Å². The Balaban J connectivity index is 1.76. The molecule has 1 aromatic rings. The zero-order valence-corrected chi connectivity index (χ0v) is 16.2. The summed E-state index contributed by atoms with van der Waals surface area (Å²) in [7, 11) is 1.69. The van der Waals surface area contributed by atoms with Gasteiger partial charge in [0.1, 0.15) is 5.75 Å². The van der Waals surface area contributed by atoms with Crippen molar-refractivity contribution in [2.75, 3.05) is 33.3 Å². The lowest BCUT2D eigenvalue weighted by atomic mass is 10.1. The zero-order valence-electron chi connectivity index (χ0n) is 16.2. The van der Waals surface area contributed by atoms with Crippen molar-refractivity contribution in [2.24, 2.45) is 4.99 Å². The Labute approximate surface area is 152 Å². The van der Waals surface area contributed by atoms with Gasteiger partial charge in [-0.25, -0.2) is 0 Å². The topological polar surface area (TPSA) is 48.9 Å². The van der Waals surface area contributed by atoms with Crippen molar-refractivity contribution in [3.8, 4) is 5.75 Å². The molecule has 1 fully saturated rings. The highest BCUT2D eigenvalue weighted by Crippen LogP contribution is 2.28. The van der Waals surface area contributed by atoms with Crippen molar-refractivity contribution < 1.29 is 4.74 Å². The van der Waals surface area contributed by atoms with Crippen LogP contribution in [0, 0.1) is 0 Å². The van der Waals surface area contributed by atoms with Crippen molar-refractivity contribution in [3.05, 3.63) is 29.8 Å². The van der Waals surface area contributed by atoms with E-state index >= 15 is 0 Å². The van der Waals surface area contributed by atoms with Gasteiger partial charge in [0.2, 0.25) is 0 Å². The van der Waals surface area contributed by atoms with E-state index in [1.807, 2.05) is 12.1 Å². The second kappa shape index (κ2) is 10.3. The number of hydrogen-bond acceptors (Lipinski definition) is 3. The average molecular weight is 347 g/mol. The standard InChI is InChI=1S/C20H34N4O/c1-5-21-20(23-14-15-24(16(2)3)18-8-9-18)22-13-12-17-6-10-19(25-4)11-7-17/h6-7,10-11,16,18H,5,8-9,12-15H2,1-4H3,(H2,21,22,23). The van der Waals surface area contributed by atoms with Gasteiger partial charge in [-0.05, 0) is 57.7 Å². The van der Waals surface area contributed by atoms with Gasteiger partial charge in [-0.1, -0.05) is 12.1 Å². The lowest BCUT2D eigenvalue weighted by Gasteiger charge is -2.25. The number of benzene rings is 1. The Morgan fingerprint density at radius 3 is 2.52 bits per heavy atom. The molecule has 1 aliphatic rings. The summed E-state index contributed by atoms with van der Waals surface area (Å²) in [6.07, 6.45) is 3.67. The van der Waals surface area contributed by atoms with Crippen LogP contribution in [0.4, 0.5) is 0 Å². The molecular weight excluding hydrogens is 312 g/mol. The maximum atomic E-state index is 5.20. The predicted molar refractivity (Wildman–Crippen MR) is 106 cm³/mol. The Morgan fingerprint density at radius 1 is 1.24 bits per heavy atom. The first kappa shape index (κ1) is 19.6. The van der Waals surface area contributed by atoms with Crippen LogP contribution >= 0.6 is 0 Å². The molecule has 0 heterocycles. The zero-order chi connectivity index (χ0) is 18.1. The van der Waals surface area contributed by atoms with Crippen molar-refractivity contribution >= 4 is 5.96 Å². The number of nitrogens with one attached hydrogen (secondary N) is 2. The number of guanidine groups is 1. The van der Waals surface area contributed by atoms with E-state index in [4.69, 9.17) is 9.73 Å². The molecule has 1 aliphatic carbocycles. The monoisotopic (exact) mass is 346 g/mol. The molecule has 5 nitrogen and oxygen atoms in total. The predicted octanol–water partition coefficient (Wildman–Crippen LogP) is 2.67. The summed E-state index contributed by atoms with van der Waals surface area (Å²) in [5.74, 6) is 1.81. The van der Waals surface area contributed by atoms with Crippen LogP contribution < -0.4 is 15.4 Å². The Kier molecular flexibility index (Phi) is 8.06. The minimum atomic E-state index is 0.605. The first-order chi connectivity index (χ1) is 12.1. The third kappa shape index (κ3) is 6.94. The quantitative estimate of drug-likeness (QED) is 0.505. The van der Waals surface area contributed by atoms with E-state index in [-0.39, 0.29) is 0 Å². The molecule has 0 aliphatic heterocycles. The van der Waals surface area contributed by atoms with Crippen LogP contribution in [0.15, 0.2) is 29.3 Å². The van der Waals surface area contributed by atoms with Gasteiger partial charge in [-0.15, -0.1) is 0 Å². The molecule has 0 spiro atoms. The third-order valence-corrected chi connectivity index (χ3v) is 4.52. The molecule has 0 bridgehead atoms. The highest BCUT2D eigenvalue weighted by atomic mass is 16.5. The lowest BCUT2D eigenvalue weighted by molar-refractivity contribution is 0.218. The Hall–Kier alpha value is -1.75. The van der Waals surface area contributed by atoms with E-state index in [0.29, 0.717) is 6.04 Å². The number of aliphatic imine (C=N–C) groups is 1. The van der Waals surface area contributed by atoms with Gasteiger partial charge in [0.15, 0.2) is 5.96 Å². The number of hydrogen-bond donors (Lipinski definition) is 2. The van der Waals surface area contributed by atoms with Crippen molar-refractivity contribution in [2.45, 2.75) is 52.1 Å². The summed E-state index contributed by atoms with van der Waals surface area (Å²) in [5, 5.41) is 6.77. The summed E-state index contributed by atoms with van der Waals surface area (Å²) in [5.41, 5.74) is 1.30. The SMILES string of the molecule is CCNC(=NCCN(C(C)C)C1CC1)NCCc1ccc(OC)cc1. The molecule has 0 saturated heterocycles.